The highest BCUT2D eigenvalue weighted by atomic mass is 35.5. The molecule has 0 unspecified atom stereocenters. The van der Waals surface area contributed by atoms with E-state index in [0.29, 0.717) is 6.54 Å². The van der Waals surface area contributed by atoms with E-state index in [2.05, 4.69) is 4.90 Å². The van der Waals surface area contributed by atoms with Crippen LogP contribution in [0.25, 0.3) is 0 Å². The molecule has 0 aromatic rings. The molecule has 1 atom stereocenters. The molecule has 0 aliphatic carbocycles. The van der Waals surface area contributed by atoms with Gasteiger partial charge in [0.1, 0.15) is 0 Å². The molecular formula is C12H19ClN2O3. The van der Waals surface area contributed by atoms with E-state index in [-0.39, 0.29) is 23.5 Å². The molecule has 0 spiro atoms. The molecule has 5 nitrogen and oxygen atoms in total. The highest BCUT2D eigenvalue weighted by Crippen LogP contribution is 2.20. The van der Waals surface area contributed by atoms with Gasteiger partial charge in [-0.15, -0.1) is 0 Å². The van der Waals surface area contributed by atoms with E-state index in [4.69, 9.17) is 16.3 Å². The van der Waals surface area contributed by atoms with Gasteiger partial charge in [0.2, 0.25) is 11.1 Å². The van der Waals surface area contributed by atoms with Gasteiger partial charge in [-0.05, 0) is 18.0 Å². The lowest BCUT2D eigenvalue weighted by molar-refractivity contribution is -0.128. The summed E-state index contributed by atoms with van der Waals surface area (Å²) in [5.41, 5.74) is 0. The first-order valence-corrected chi connectivity index (χ1v) is 6.82. The lowest BCUT2D eigenvalue weighted by Crippen LogP contribution is -2.38. The first-order chi connectivity index (χ1) is 8.66. The number of ether oxygens (including phenoxy) is 1. The maximum absolute atomic E-state index is 11.7. The highest BCUT2D eigenvalue weighted by Gasteiger charge is 2.32. The Hall–Kier alpha value is -0.650. The summed E-state index contributed by atoms with van der Waals surface area (Å²) in [5, 5.41) is -0.390. The van der Waals surface area contributed by atoms with Gasteiger partial charge in [-0.2, -0.15) is 0 Å². The van der Waals surface area contributed by atoms with Gasteiger partial charge in [0.25, 0.3) is 0 Å². The van der Waals surface area contributed by atoms with Crippen LogP contribution in [0.1, 0.15) is 12.8 Å². The van der Waals surface area contributed by atoms with Gasteiger partial charge in [-0.3, -0.25) is 14.5 Å². The molecule has 0 bridgehead atoms. The van der Waals surface area contributed by atoms with Crippen molar-refractivity contribution in [1.82, 2.24) is 9.80 Å². The van der Waals surface area contributed by atoms with Gasteiger partial charge < -0.3 is 9.64 Å². The number of hydrogen-bond donors (Lipinski definition) is 0. The third kappa shape index (κ3) is 3.67. The van der Waals surface area contributed by atoms with E-state index in [1.54, 1.807) is 4.90 Å². The van der Waals surface area contributed by atoms with Crippen molar-refractivity contribution in [2.45, 2.75) is 12.8 Å². The fourth-order valence-electron chi connectivity index (χ4n) is 2.45. The molecule has 0 saturated carbocycles. The predicted octanol–water partition coefficient (Wildman–Crippen LogP) is 0.323. The molecule has 0 radical (unpaired) electrons. The molecule has 6 heteroatoms. The van der Waals surface area contributed by atoms with Gasteiger partial charge >= 0.3 is 0 Å². The Bertz CT molecular complexity index is 318. The van der Waals surface area contributed by atoms with Crippen LogP contribution in [0.5, 0.6) is 0 Å². The molecule has 2 heterocycles. The molecule has 1 amide bonds. The molecular weight excluding hydrogens is 256 g/mol. The Kier molecular flexibility index (Phi) is 4.97. The number of likely N-dealkylation sites (tertiary alicyclic amines) is 1. The predicted molar refractivity (Wildman–Crippen MR) is 67.4 cm³/mol. The minimum Gasteiger partial charge on any atom is -0.379 e. The first kappa shape index (κ1) is 13.8. The first-order valence-electron chi connectivity index (χ1n) is 6.44. The van der Waals surface area contributed by atoms with Gasteiger partial charge in [0.05, 0.1) is 19.1 Å². The van der Waals surface area contributed by atoms with Crippen molar-refractivity contribution in [2.75, 3.05) is 45.9 Å². The van der Waals surface area contributed by atoms with Crippen LogP contribution in [0.4, 0.5) is 0 Å². The molecule has 0 aromatic heterocycles. The normalized spacial score (nSPS) is 25.7. The number of hydrogen-bond acceptors (Lipinski definition) is 4. The Labute approximate surface area is 112 Å². The summed E-state index contributed by atoms with van der Waals surface area (Å²) in [6.45, 7) is 5.72. The number of amides is 1. The smallest absolute Gasteiger partial charge is 0.227 e. The van der Waals surface area contributed by atoms with Crippen LogP contribution in [0.15, 0.2) is 0 Å². The largest absolute Gasteiger partial charge is 0.379 e. The molecule has 2 fully saturated rings. The third-order valence-corrected chi connectivity index (χ3v) is 3.85. The molecule has 2 aliphatic rings. The van der Waals surface area contributed by atoms with E-state index < -0.39 is 0 Å². The van der Waals surface area contributed by atoms with Crippen molar-refractivity contribution >= 4 is 22.8 Å². The van der Waals surface area contributed by atoms with E-state index in [1.165, 1.54) is 0 Å². The van der Waals surface area contributed by atoms with Gasteiger partial charge in [-0.25, -0.2) is 0 Å². The zero-order valence-corrected chi connectivity index (χ0v) is 11.2. The summed E-state index contributed by atoms with van der Waals surface area (Å²) in [7, 11) is 0. The second-order valence-electron chi connectivity index (χ2n) is 4.85. The van der Waals surface area contributed by atoms with Gasteiger partial charge in [0.15, 0.2) is 0 Å². The monoisotopic (exact) mass is 274 g/mol. The summed E-state index contributed by atoms with van der Waals surface area (Å²) in [6.07, 6.45) is 1.22. The minimum atomic E-state index is -0.390. The van der Waals surface area contributed by atoms with Crippen LogP contribution in [-0.2, 0) is 14.3 Å². The summed E-state index contributed by atoms with van der Waals surface area (Å²) >= 11 is 5.43. The number of rotatable bonds is 5. The number of halogens is 1. The zero-order chi connectivity index (χ0) is 13.0. The van der Waals surface area contributed by atoms with E-state index >= 15 is 0 Å². The molecule has 2 aliphatic heterocycles. The summed E-state index contributed by atoms with van der Waals surface area (Å²) in [5.74, 6) is -0.251. The third-order valence-electron chi connectivity index (χ3n) is 3.54. The highest BCUT2D eigenvalue weighted by molar-refractivity contribution is 6.64. The van der Waals surface area contributed by atoms with Crippen molar-refractivity contribution < 1.29 is 14.3 Å². The van der Waals surface area contributed by atoms with E-state index in [1.807, 2.05) is 0 Å². The fourth-order valence-corrected chi connectivity index (χ4v) is 2.60. The quantitative estimate of drug-likeness (QED) is 0.678. The van der Waals surface area contributed by atoms with E-state index in [9.17, 15) is 9.59 Å². The lowest BCUT2D eigenvalue weighted by Gasteiger charge is -2.27. The summed E-state index contributed by atoms with van der Waals surface area (Å²) in [4.78, 5) is 26.8. The van der Waals surface area contributed by atoms with Crippen LogP contribution in [0.3, 0.4) is 0 Å². The Balaban J connectivity index is 1.67. The Morgan fingerprint density at radius 3 is 2.67 bits per heavy atom. The molecule has 0 N–H and O–H groups in total. The van der Waals surface area contributed by atoms with Crippen molar-refractivity contribution in [1.29, 1.82) is 0 Å². The van der Waals surface area contributed by atoms with Crippen LogP contribution >= 0.6 is 11.6 Å². The molecule has 102 valence electrons. The SMILES string of the molecule is O=C(Cl)[C@@H]1CC(=O)N(CCCN2CCOCC2)C1. The molecule has 2 saturated heterocycles. The number of carbonyl (C=O) groups excluding carboxylic acids is 2. The van der Waals surface area contributed by atoms with Crippen molar-refractivity contribution in [2.24, 2.45) is 5.92 Å². The summed E-state index contributed by atoms with van der Waals surface area (Å²) < 4.78 is 5.28. The second-order valence-corrected chi connectivity index (χ2v) is 5.23. The average molecular weight is 275 g/mol. The van der Waals surface area contributed by atoms with Crippen molar-refractivity contribution in [3.05, 3.63) is 0 Å². The molecule has 18 heavy (non-hydrogen) atoms. The Morgan fingerprint density at radius 1 is 1.33 bits per heavy atom. The topological polar surface area (TPSA) is 49.9 Å². The maximum atomic E-state index is 11.7. The average Bonchev–Trinajstić information content (AvgIpc) is 2.73. The van der Waals surface area contributed by atoms with Crippen molar-refractivity contribution in [3.63, 3.8) is 0 Å². The Morgan fingerprint density at radius 2 is 2.06 bits per heavy atom. The maximum Gasteiger partial charge on any atom is 0.227 e. The summed E-state index contributed by atoms with van der Waals surface area (Å²) in [6, 6.07) is 0. The van der Waals surface area contributed by atoms with Crippen LogP contribution in [0.2, 0.25) is 0 Å². The number of morpholine rings is 1. The molecule has 0 aromatic carbocycles. The lowest BCUT2D eigenvalue weighted by atomic mass is 10.1. The van der Waals surface area contributed by atoms with Crippen molar-refractivity contribution in [3.8, 4) is 0 Å². The number of carbonyl (C=O) groups is 2. The van der Waals surface area contributed by atoms with Crippen LogP contribution < -0.4 is 0 Å². The van der Waals surface area contributed by atoms with Gasteiger partial charge in [0, 0.05) is 39.1 Å². The second kappa shape index (κ2) is 6.50. The zero-order valence-electron chi connectivity index (χ0n) is 10.4. The van der Waals surface area contributed by atoms with Gasteiger partial charge in [-0.1, -0.05) is 0 Å². The number of nitrogens with zero attached hydrogens (tertiary/aromatic N) is 2. The standard InChI is InChI=1S/C12H19ClN2O3/c13-12(17)10-8-11(16)15(9-10)3-1-2-14-4-6-18-7-5-14/h10H,1-9H2/t10-/m1/s1. The van der Waals surface area contributed by atoms with E-state index in [0.717, 1.165) is 45.8 Å². The van der Waals surface area contributed by atoms with Crippen LogP contribution in [-0.4, -0.2) is 66.9 Å². The fraction of sp³-hybridized carbons (Fsp3) is 0.833. The minimum absolute atomic E-state index is 0.0518. The van der Waals surface area contributed by atoms with Crippen LogP contribution in [0, 0.1) is 5.92 Å². The molecule has 2 rings (SSSR count).